The van der Waals surface area contributed by atoms with Gasteiger partial charge >= 0.3 is 6.61 Å². The van der Waals surface area contributed by atoms with Crippen molar-refractivity contribution >= 4 is 39.9 Å². The Morgan fingerprint density at radius 3 is 2.75 bits per heavy atom. The fourth-order valence-electron chi connectivity index (χ4n) is 5.18. The zero-order valence-electron chi connectivity index (χ0n) is 21.7. The number of carbonyl (C=O) groups excluding carboxylic acids is 2. The van der Waals surface area contributed by atoms with Crippen LogP contribution in [0.3, 0.4) is 0 Å². The van der Waals surface area contributed by atoms with E-state index in [2.05, 4.69) is 36.0 Å². The number of nitrogens with zero attached hydrogens (tertiary/aromatic N) is 5. The summed E-state index contributed by atoms with van der Waals surface area (Å²) in [7, 11) is 1.58. The molecule has 2 unspecified atom stereocenters. The topological polar surface area (TPSA) is 128 Å². The number of aromatic nitrogens is 5. The predicted octanol–water partition coefficient (Wildman–Crippen LogP) is 3.97. The molecule has 3 aliphatic carbocycles. The summed E-state index contributed by atoms with van der Waals surface area (Å²) in [4.78, 5) is 27.1. The van der Waals surface area contributed by atoms with Gasteiger partial charge in [0, 0.05) is 42.4 Å². The fourth-order valence-corrected chi connectivity index (χ4v) is 6.43. The van der Waals surface area contributed by atoms with E-state index in [4.69, 9.17) is 0 Å². The zero-order valence-corrected chi connectivity index (χ0v) is 22.5. The summed E-state index contributed by atoms with van der Waals surface area (Å²) in [6.45, 7) is -2.74. The highest BCUT2D eigenvalue weighted by atomic mass is 32.1. The quantitative estimate of drug-likeness (QED) is 0.332. The van der Waals surface area contributed by atoms with Crippen LogP contribution in [0.5, 0.6) is 5.88 Å². The molecule has 3 N–H and O–H groups in total. The second kappa shape index (κ2) is 10.7. The highest BCUT2D eigenvalue weighted by molar-refractivity contribution is 7.17. The van der Waals surface area contributed by atoms with E-state index < -0.39 is 12.8 Å². The first-order chi connectivity index (χ1) is 19.3. The predicted molar refractivity (Wildman–Crippen MR) is 140 cm³/mol. The van der Waals surface area contributed by atoms with Crippen molar-refractivity contribution in [1.82, 2.24) is 29.9 Å². The van der Waals surface area contributed by atoms with Crippen molar-refractivity contribution in [2.75, 3.05) is 17.2 Å². The number of halogens is 3. The minimum absolute atomic E-state index is 0.0191. The van der Waals surface area contributed by atoms with Crippen molar-refractivity contribution in [3.63, 3.8) is 0 Å². The average Bonchev–Trinajstić information content (AvgIpc) is 3.43. The molecule has 3 aromatic heterocycles. The van der Waals surface area contributed by atoms with E-state index >= 15 is 0 Å². The molecule has 2 fully saturated rings. The number of ether oxygens (including phenoxy) is 1. The lowest BCUT2D eigenvalue weighted by Crippen LogP contribution is -2.39. The third kappa shape index (κ3) is 5.38. The van der Waals surface area contributed by atoms with Crippen LogP contribution in [0.25, 0.3) is 0 Å². The Balaban J connectivity index is 1.23. The molecule has 2 amide bonds. The molecule has 0 saturated heterocycles. The Kier molecular flexibility index (Phi) is 7.15. The van der Waals surface area contributed by atoms with E-state index in [-0.39, 0.29) is 42.1 Å². The van der Waals surface area contributed by atoms with Gasteiger partial charge in [-0.15, -0.1) is 26.6 Å². The summed E-state index contributed by atoms with van der Waals surface area (Å²) in [5.74, 6) is -0.0689. The number of alkyl halides is 3. The monoisotopic (exact) mass is 578 g/mol. The number of fused-ring (bicyclic) bond motifs is 1. The summed E-state index contributed by atoms with van der Waals surface area (Å²) in [6.07, 6.45) is 5.52. The number of carbonyl (C=O) groups is 2. The first-order valence-electron chi connectivity index (χ1n) is 13.3. The van der Waals surface area contributed by atoms with E-state index in [1.807, 2.05) is 4.57 Å². The van der Waals surface area contributed by atoms with Crippen LogP contribution in [0.15, 0.2) is 12.4 Å². The summed E-state index contributed by atoms with van der Waals surface area (Å²) in [5, 5.41) is 21.6. The number of thiophene rings is 1. The molecule has 0 radical (unpaired) electrons. The van der Waals surface area contributed by atoms with Crippen LogP contribution in [0.2, 0.25) is 0 Å². The smallest absolute Gasteiger partial charge is 0.388 e. The molecule has 40 heavy (non-hydrogen) atoms. The third-order valence-corrected chi connectivity index (χ3v) is 8.98. The van der Waals surface area contributed by atoms with Gasteiger partial charge in [0.1, 0.15) is 23.3 Å². The lowest BCUT2D eigenvalue weighted by molar-refractivity contribution is -0.117. The van der Waals surface area contributed by atoms with Crippen LogP contribution < -0.4 is 20.7 Å². The Hall–Kier alpha value is -3.62. The number of nitrogens with one attached hydrogen (secondary N) is 3. The molecule has 2 saturated carbocycles. The molecule has 6 rings (SSSR count). The Labute approximate surface area is 231 Å². The minimum atomic E-state index is -2.99. The molecule has 15 heteroatoms. The second-order valence-corrected chi connectivity index (χ2v) is 11.6. The van der Waals surface area contributed by atoms with Crippen LogP contribution >= 0.6 is 11.3 Å². The van der Waals surface area contributed by atoms with Gasteiger partial charge in [-0.2, -0.15) is 8.78 Å². The number of aryl methyl sites for hydroxylation is 2. The van der Waals surface area contributed by atoms with E-state index in [1.54, 1.807) is 13.4 Å². The number of anilines is 3. The molecule has 0 bridgehead atoms. The van der Waals surface area contributed by atoms with Gasteiger partial charge in [0.15, 0.2) is 0 Å². The van der Waals surface area contributed by atoms with Gasteiger partial charge in [-0.25, -0.2) is 9.07 Å². The maximum atomic E-state index is 13.8. The van der Waals surface area contributed by atoms with Gasteiger partial charge in [-0.3, -0.25) is 14.2 Å². The van der Waals surface area contributed by atoms with Gasteiger partial charge in [0.05, 0.1) is 5.56 Å². The third-order valence-electron chi connectivity index (χ3n) is 7.77. The normalized spacial score (nSPS) is 22.0. The molecule has 3 heterocycles. The minimum Gasteiger partial charge on any atom is -0.415 e. The van der Waals surface area contributed by atoms with Crippen LogP contribution in [0.4, 0.5) is 29.9 Å². The van der Waals surface area contributed by atoms with E-state index in [0.29, 0.717) is 41.6 Å². The lowest BCUT2D eigenvalue weighted by Gasteiger charge is -2.30. The van der Waals surface area contributed by atoms with Crippen LogP contribution in [-0.4, -0.2) is 55.7 Å². The summed E-state index contributed by atoms with van der Waals surface area (Å²) < 4.78 is 46.6. The Morgan fingerprint density at radius 1 is 1.23 bits per heavy atom. The number of hydrogen-bond donors (Lipinski definition) is 3. The maximum absolute atomic E-state index is 13.8. The van der Waals surface area contributed by atoms with Crippen LogP contribution in [-0.2, 0) is 24.7 Å². The highest BCUT2D eigenvalue weighted by Crippen LogP contribution is 2.43. The molecule has 3 aromatic rings. The SMILES string of the molecule is Cn1nc(OC(F)F)cc1Nc1nncn1[C@H]1CCc2sc(NC(=O)C3CC3)c(C(=O)NCC3CCC3F)c2C1. The van der Waals surface area contributed by atoms with E-state index in [9.17, 15) is 22.8 Å². The molecule has 0 aromatic carbocycles. The van der Waals surface area contributed by atoms with Gasteiger partial charge in [0.2, 0.25) is 17.7 Å². The zero-order chi connectivity index (χ0) is 28.0. The first-order valence-corrected chi connectivity index (χ1v) is 14.1. The molecular formula is C25H29F3N8O3S. The molecule has 0 spiro atoms. The standard InChI is InChI=1S/C25H29F3N8O3S/c1-35-18(9-19(34-35)39-24(27)28)31-25-33-30-11-36(25)14-5-7-17-15(8-14)20(22(38)29-10-13-4-6-16(13)26)23(40-17)32-21(37)12-2-3-12/h9,11-14,16,24H,2-8,10H2,1H3,(H,29,38)(H,31,33)(H,32,37)/t13?,14-,16?/m0/s1. The first kappa shape index (κ1) is 26.6. The highest BCUT2D eigenvalue weighted by Gasteiger charge is 2.36. The average molecular weight is 579 g/mol. The van der Waals surface area contributed by atoms with Crippen LogP contribution in [0.1, 0.15) is 58.9 Å². The molecule has 11 nitrogen and oxygen atoms in total. The van der Waals surface area contributed by atoms with Gasteiger partial charge in [-0.05, 0) is 50.5 Å². The molecular weight excluding hydrogens is 549 g/mol. The summed E-state index contributed by atoms with van der Waals surface area (Å²) in [5.41, 5.74) is 1.29. The van der Waals surface area contributed by atoms with Crippen molar-refractivity contribution in [3.8, 4) is 5.88 Å². The van der Waals surface area contributed by atoms with Crippen molar-refractivity contribution in [2.24, 2.45) is 18.9 Å². The summed E-state index contributed by atoms with van der Waals surface area (Å²) >= 11 is 1.42. The van der Waals surface area contributed by atoms with Gasteiger partial charge in [-0.1, -0.05) is 0 Å². The number of rotatable bonds is 10. The van der Waals surface area contributed by atoms with E-state index in [1.165, 1.54) is 22.1 Å². The van der Waals surface area contributed by atoms with E-state index in [0.717, 1.165) is 36.1 Å². The van der Waals surface area contributed by atoms with Crippen molar-refractivity contribution < 1.29 is 27.5 Å². The fraction of sp³-hybridized carbons (Fsp3) is 0.560. The number of hydrogen-bond acceptors (Lipinski definition) is 8. The van der Waals surface area contributed by atoms with Crippen molar-refractivity contribution in [1.29, 1.82) is 0 Å². The van der Waals surface area contributed by atoms with Crippen LogP contribution in [0, 0.1) is 11.8 Å². The Morgan fingerprint density at radius 2 is 2.05 bits per heavy atom. The lowest BCUT2D eigenvalue weighted by atomic mass is 9.83. The molecule has 0 aliphatic heterocycles. The van der Waals surface area contributed by atoms with Gasteiger partial charge < -0.3 is 20.7 Å². The maximum Gasteiger partial charge on any atom is 0.388 e. The molecule has 214 valence electrons. The number of amides is 2. The summed E-state index contributed by atoms with van der Waals surface area (Å²) in [6, 6.07) is 1.22. The van der Waals surface area contributed by atoms with Crippen molar-refractivity contribution in [2.45, 2.75) is 63.8 Å². The molecule has 3 aliphatic rings. The molecule has 3 atom stereocenters. The van der Waals surface area contributed by atoms with Crippen molar-refractivity contribution in [3.05, 3.63) is 28.4 Å². The Bertz CT molecular complexity index is 1420. The van der Waals surface area contributed by atoms with Gasteiger partial charge in [0.25, 0.3) is 5.91 Å². The largest absolute Gasteiger partial charge is 0.415 e. The second-order valence-electron chi connectivity index (χ2n) is 10.5.